The van der Waals surface area contributed by atoms with Crippen LogP contribution in [0.15, 0.2) is 29.0 Å². The van der Waals surface area contributed by atoms with Crippen LogP contribution in [0.3, 0.4) is 0 Å². The number of nitrogens with one attached hydrogen (secondary N) is 2. The standard InChI is InChI=1S/C14H18N4O2/c1-18-9-11(13(17-18)12-5-3-7-20-12)14(19)16-8-10-4-2-6-15-10/h3,5,7,9-10,15H,2,4,6,8H2,1H3,(H,16,19). The van der Waals surface area contributed by atoms with Crippen molar-refractivity contribution in [1.29, 1.82) is 0 Å². The smallest absolute Gasteiger partial charge is 0.255 e. The number of carbonyl (C=O) groups excluding carboxylic acids is 1. The van der Waals surface area contributed by atoms with Crippen molar-refractivity contribution in [3.05, 3.63) is 30.2 Å². The van der Waals surface area contributed by atoms with Crippen LogP contribution in [-0.4, -0.2) is 34.8 Å². The Morgan fingerprint density at radius 3 is 3.25 bits per heavy atom. The van der Waals surface area contributed by atoms with E-state index in [2.05, 4.69) is 15.7 Å². The normalized spacial score (nSPS) is 18.4. The van der Waals surface area contributed by atoms with Crippen LogP contribution in [0.25, 0.3) is 11.5 Å². The van der Waals surface area contributed by atoms with E-state index in [1.165, 1.54) is 6.42 Å². The van der Waals surface area contributed by atoms with E-state index in [9.17, 15) is 4.79 Å². The molecule has 1 unspecified atom stereocenters. The second kappa shape index (κ2) is 5.50. The highest BCUT2D eigenvalue weighted by Gasteiger charge is 2.20. The third-order valence-electron chi connectivity index (χ3n) is 3.50. The Balaban J connectivity index is 1.74. The molecule has 1 atom stereocenters. The van der Waals surface area contributed by atoms with Crippen molar-refractivity contribution in [3.63, 3.8) is 0 Å². The van der Waals surface area contributed by atoms with Gasteiger partial charge in [-0.05, 0) is 31.5 Å². The van der Waals surface area contributed by atoms with Crippen LogP contribution in [-0.2, 0) is 7.05 Å². The highest BCUT2D eigenvalue weighted by atomic mass is 16.3. The monoisotopic (exact) mass is 274 g/mol. The summed E-state index contributed by atoms with van der Waals surface area (Å²) in [5, 5.41) is 10.6. The summed E-state index contributed by atoms with van der Waals surface area (Å²) >= 11 is 0. The van der Waals surface area contributed by atoms with E-state index in [0.717, 1.165) is 13.0 Å². The molecule has 0 spiro atoms. The molecule has 20 heavy (non-hydrogen) atoms. The Morgan fingerprint density at radius 1 is 1.65 bits per heavy atom. The average molecular weight is 274 g/mol. The van der Waals surface area contributed by atoms with Crippen molar-refractivity contribution in [3.8, 4) is 11.5 Å². The number of hydrogen-bond donors (Lipinski definition) is 2. The van der Waals surface area contributed by atoms with E-state index in [1.807, 2.05) is 0 Å². The first-order chi connectivity index (χ1) is 9.74. The van der Waals surface area contributed by atoms with E-state index in [-0.39, 0.29) is 5.91 Å². The summed E-state index contributed by atoms with van der Waals surface area (Å²) in [6.45, 7) is 1.68. The summed E-state index contributed by atoms with van der Waals surface area (Å²) in [5.74, 6) is 0.493. The van der Waals surface area contributed by atoms with Crippen LogP contribution in [0.5, 0.6) is 0 Å². The van der Waals surface area contributed by atoms with E-state index >= 15 is 0 Å². The Morgan fingerprint density at radius 2 is 2.55 bits per heavy atom. The van der Waals surface area contributed by atoms with Crippen LogP contribution in [0, 0.1) is 0 Å². The van der Waals surface area contributed by atoms with Crippen LogP contribution < -0.4 is 10.6 Å². The molecule has 1 amide bonds. The molecular weight excluding hydrogens is 256 g/mol. The van der Waals surface area contributed by atoms with Crippen molar-refractivity contribution in [2.75, 3.05) is 13.1 Å². The van der Waals surface area contributed by atoms with Crippen LogP contribution in [0.2, 0.25) is 0 Å². The quantitative estimate of drug-likeness (QED) is 0.877. The first-order valence-corrected chi connectivity index (χ1v) is 6.83. The fraction of sp³-hybridized carbons (Fsp3) is 0.429. The molecule has 0 radical (unpaired) electrons. The van der Waals surface area contributed by atoms with Gasteiger partial charge in [0.2, 0.25) is 0 Å². The second-order valence-electron chi connectivity index (χ2n) is 5.05. The lowest BCUT2D eigenvalue weighted by Crippen LogP contribution is -2.37. The molecule has 2 aromatic heterocycles. The molecule has 0 bridgehead atoms. The zero-order valence-corrected chi connectivity index (χ0v) is 11.4. The minimum atomic E-state index is -0.113. The zero-order valence-electron chi connectivity index (χ0n) is 11.4. The number of nitrogens with zero attached hydrogens (tertiary/aromatic N) is 2. The lowest BCUT2D eigenvalue weighted by atomic mass is 10.2. The van der Waals surface area contributed by atoms with Crippen LogP contribution >= 0.6 is 0 Å². The molecule has 2 aromatic rings. The van der Waals surface area contributed by atoms with Gasteiger partial charge in [0.25, 0.3) is 5.91 Å². The molecule has 0 aromatic carbocycles. The van der Waals surface area contributed by atoms with Crippen LogP contribution in [0.4, 0.5) is 0 Å². The molecule has 6 nitrogen and oxygen atoms in total. The van der Waals surface area contributed by atoms with E-state index in [1.54, 1.807) is 36.3 Å². The number of amides is 1. The highest BCUT2D eigenvalue weighted by molar-refractivity contribution is 5.99. The number of carbonyl (C=O) groups is 1. The summed E-state index contributed by atoms with van der Waals surface area (Å²) in [7, 11) is 1.79. The zero-order chi connectivity index (χ0) is 13.9. The highest BCUT2D eigenvalue weighted by Crippen LogP contribution is 2.22. The minimum absolute atomic E-state index is 0.113. The van der Waals surface area contributed by atoms with Gasteiger partial charge < -0.3 is 15.1 Å². The molecule has 1 saturated heterocycles. The summed E-state index contributed by atoms with van der Waals surface area (Å²) < 4.78 is 6.96. The van der Waals surface area contributed by atoms with Crippen molar-refractivity contribution in [2.45, 2.75) is 18.9 Å². The van der Waals surface area contributed by atoms with Crippen molar-refractivity contribution in [2.24, 2.45) is 7.05 Å². The van der Waals surface area contributed by atoms with Gasteiger partial charge in [-0.15, -0.1) is 0 Å². The number of hydrogen-bond acceptors (Lipinski definition) is 4. The molecular formula is C14H18N4O2. The van der Waals surface area contributed by atoms with Gasteiger partial charge in [0.05, 0.1) is 11.8 Å². The van der Waals surface area contributed by atoms with Crippen molar-refractivity contribution in [1.82, 2.24) is 20.4 Å². The summed E-state index contributed by atoms with van der Waals surface area (Å²) in [6.07, 6.45) is 5.58. The van der Waals surface area contributed by atoms with Gasteiger partial charge in [-0.2, -0.15) is 5.10 Å². The lowest BCUT2D eigenvalue weighted by Gasteiger charge is -2.11. The predicted molar refractivity (Wildman–Crippen MR) is 74.3 cm³/mol. The summed E-state index contributed by atoms with van der Waals surface area (Å²) in [5.41, 5.74) is 1.12. The van der Waals surface area contributed by atoms with E-state index in [4.69, 9.17) is 4.42 Å². The molecule has 3 heterocycles. The van der Waals surface area contributed by atoms with Crippen molar-refractivity contribution >= 4 is 5.91 Å². The van der Waals surface area contributed by atoms with E-state index < -0.39 is 0 Å². The maximum atomic E-state index is 12.3. The number of furan rings is 1. The van der Waals surface area contributed by atoms with Gasteiger partial charge in [0.15, 0.2) is 5.76 Å². The van der Waals surface area contributed by atoms with Gasteiger partial charge in [-0.3, -0.25) is 9.48 Å². The SMILES string of the molecule is Cn1cc(C(=O)NCC2CCCN2)c(-c2ccco2)n1. The Hall–Kier alpha value is -2.08. The third kappa shape index (κ3) is 2.60. The molecule has 1 fully saturated rings. The molecule has 3 rings (SSSR count). The molecule has 1 aliphatic rings. The third-order valence-corrected chi connectivity index (χ3v) is 3.50. The van der Waals surface area contributed by atoms with Gasteiger partial charge in [-0.1, -0.05) is 0 Å². The molecule has 0 aliphatic carbocycles. The maximum Gasteiger partial charge on any atom is 0.255 e. The number of rotatable bonds is 4. The Kier molecular flexibility index (Phi) is 3.56. The number of aryl methyl sites for hydroxylation is 1. The predicted octanol–water partition coefficient (Wildman–Crippen LogP) is 1.16. The van der Waals surface area contributed by atoms with E-state index in [0.29, 0.717) is 29.6 Å². The Bertz CT molecular complexity index is 582. The minimum Gasteiger partial charge on any atom is -0.463 e. The molecule has 106 valence electrons. The largest absolute Gasteiger partial charge is 0.463 e. The van der Waals surface area contributed by atoms with Gasteiger partial charge >= 0.3 is 0 Å². The molecule has 0 saturated carbocycles. The first-order valence-electron chi connectivity index (χ1n) is 6.83. The average Bonchev–Trinajstić information content (AvgIpc) is 3.16. The van der Waals surface area contributed by atoms with Crippen LogP contribution in [0.1, 0.15) is 23.2 Å². The van der Waals surface area contributed by atoms with Gasteiger partial charge in [0, 0.05) is 25.8 Å². The van der Waals surface area contributed by atoms with Gasteiger partial charge in [0.1, 0.15) is 5.69 Å². The fourth-order valence-corrected chi connectivity index (χ4v) is 2.49. The molecule has 1 aliphatic heterocycles. The van der Waals surface area contributed by atoms with Crippen molar-refractivity contribution < 1.29 is 9.21 Å². The van der Waals surface area contributed by atoms with Gasteiger partial charge in [-0.25, -0.2) is 0 Å². The Labute approximate surface area is 117 Å². The molecule has 6 heteroatoms. The second-order valence-corrected chi connectivity index (χ2v) is 5.05. The maximum absolute atomic E-state index is 12.3. The fourth-order valence-electron chi connectivity index (χ4n) is 2.49. The molecule has 2 N–H and O–H groups in total. The summed E-state index contributed by atoms with van der Waals surface area (Å²) in [4.78, 5) is 12.3. The topological polar surface area (TPSA) is 72.1 Å². The first kappa shape index (κ1) is 12.9. The summed E-state index contributed by atoms with van der Waals surface area (Å²) in [6, 6.07) is 3.97. The number of aromatic nitrogens is 2. The lowest BCUT2D eigenvalue weighted by molar-refractivity contribution is 0.0950.